The van der Waals surface area contributed by atoms with Crippen LogP contribution in [0.3, 0.4) is 0 Å². The average molecular weight is 448 g/mol. The van der Waals surface area contributed by atoms with Gasteiger partial charge in [-0.15, -0.1) is 0 Å². The third-order valence-electron chi connectivity index (χ3n) is 7.45. The van der Waals surface area contributed by atoms with Crippen LogP contribution in [0, 0.1) is 0 Å². The topological polar surface area (TPSA) is 23.4 Å². The second-order valence-electron chi connectivity index (χ2n) is 10.1. The molecule has 170 valence electrons. The van der Waals surface area contributed by atoms with Crippen molar-refractivity contribution in [2.75, 3.05) is 0 Å². The molecule has 0 saturated carbocycles. The molecule has 0 atom stereocenters. The Kier molecular flexibility index (Phi) is 4.70. The zero-order chi connectivity index (χ0) is 23.5. The lowest BCUT2D eigenvalue weighted by Gasteiger charge is -2.30. The fourth-order valence-corrected chi connectivity index (χ4v) is 4.83. The van der Waals surface area contributed by atoms with Crippen LogP contribution >= 0.6 is 0 Å². The van der Waals surface area contributed by atoms with Crippen molar-refractivity contribution in [3.05, 3.63) is 103 Å². The van der Waals surface area contributed by atoms with Crippen LogP contribution in [0.25, 0.3) is 38.6 Å². The first kappa shape index (κ1) is 21.2. The molecular formula is C31H29NO2. The maximum absolute atomic E-state index is 6.33. The number of aromatic nitrogens is 1. The van der Waals surface area contributed by atoms with Crippen LogP contribution in [0.2, 0.25) is 0 Å². The van der Waals surface area contributed by atoms with Crippen molar-refractivity contribution in [2.45, 2.75) is 45.2 Å². The molecule has 0 aliphatic carbocycles. The fraction of sp³-hybridized carbons (Fsp3) is 0.226. The highest BCUT2D eigenvalue weighted by molar-refractivity contribution is 6.09. The summed E-state index contributed by atoms with van der Waals surface area (Å²) in [5, 5.41) is 2.43. The fourth-order valence-electron chi connectivity index (χ4n) is 4.83. The van der Waals surface area contributed by atoms with Gasteiger partial charge in [-0.05, 0) is 69.2 Å². The van der Waals surface area contributed by atoms with Gasteiger partial charge in [0, 0.05) is 22.0 Å². The Bertz CT molecular complexity index is 1480. The van der Waals surface area contributed by atoms with Crippen LogP contribution in [0.1, 0.15) is 39.5 Å². The molecular weight excluding hydrogens is 418 g/mol. The molecule has 4 aromatic carbocycles. The third kappa shape index (κ3) is 3.27. The molecule has 0 unspecified atom stereocenters. The van der Waals surface area contributed by atoms with Crippen LogP contribution < -0.4 is 0 Å². The van der Waals surface area contributed by atoms with E-state index in [1.807, 2.05) is 6.07 Å². The SMILES string of the molecule is CC1(C)OC(c2ccc3c(c2)c2ccccc2n3-c2ccc(-c3ccccc3)cc2)OC1(C)C. The molecule has 34 heavy (non-hydrogen) atoms. The van der Waals surface area contributed by atoms with E-state index in [2.05, 4.69) is 123 Å². The van der Waals surface area contributed by atoms with Gasteiger partial charge in [0.05, 0.1) is 22.2 Å². The molecule has 2 heterocycles. The molecule has 0 N–H and O–H groups in total. The summed E-state index contributed by atoms with van der Waals surface area (Å²) in [5.41, 5.74) is 6.28. The largest absolute Gasteiger partial charge is 0.339 e. The summed E-state index contributed by atoms with van der Waals surface area (Å²) >= 11 is 0. The molecule has 0 bridgehead atoms. The maximum atomic E-state index is 6.33. The molecule has 0 amide bonds. The molecule has 1 aliphatic heterocycles. The predicted molar refractivity (Wildman–Crippen MR) is 139 cm³/mol. The lowest BCUT2D eigenvalue weighted by Crippen LogP contribution is -2.41. The van der Waals surface area contributed by atoms with E-state index in [9.17, 15) is 0 Å². The Morgan fingerprint density at radius 1 is 0.588 bits per heavy atom. The molecule has 3 nitrogen and oxygen atoms in total. The quantitative estimate of drug-likeness (QED) is 0.279. The minimum Gasteiger partial charge on any atom is -0.339 e. The molecule has 3 heteroatoms. The van der Waals surface area contributed by atoms with Gasteiger partial charge in [-0.2, -0.15) is 0 Å². The van der Waals surface area contributed by atoms with Crippen LogP contribution in [-0.2, 0) is 9.47 Å². The molecule has 0 radical (unpaired) electrons. The number of hydrogen-bond donors (Lipinski definition) is 0. The van der Waals surface area contributed by atoms with E-state index < -0.39 is 0 Å². The van der Waals surface area contributed by atoms with Crippen LogP contribution in [0.5, 0.6) is 0 Å². The summed E-state index contributed by atoms with van der Waals surface area (Å²) in [7, 11) is 0. The number of rotatable bonds is 3. The lowest BCUT2D eigenvalue weighted by molar-refractivity contribution is -0.0894. The van der Waals surface area contributed by atoms with Crippen molar-refractivity contribution in [1.29, 1.82) is 0 Å². The normalized spacial score (nSPS) is 17.5. The van der Waals surface area contributed by atoms with E-state index in [1.165, 1.54) is 32.9 Å². The van der Waals surface area contributed by atoms with Crippen molar-refractivity contribution in [3.8, 4) is 16.8 Å². The highest BCUT2D eigenvalue weighted by Crippen LogP contribution is 2.45. The van der Waals surface area contributed by atoms with Gasteiger partial charge in [0.15, 0.2) is 6.29 Å². The lowest BCUT2D eigenvalue weighted by atomic mass is 9.90. The van der Waals surface area contributed by atoms with E-state index in [-0.39, 0.29) is 17.5 Å². The Hall–Kier alpha value is -3.40. The number of ether oxygens (including phenoxy) is 2. The van der Waals surface area contributed by atoms with Crippen molar-refractivity contribution >= 4 is 21.8 Å². The summed E-state index contributed by atoms with van der Waals surface area (Å²) < 4.78 is 15.0. The first-order valence-corrected chi connectivity index (χ1v) is 11.9. The molecule has 1 saturated heterocycles. The summed E-state index contributed by atoms with van der Waals surface area (Å²) in [6, 6.07) is 34.5. The number of fused-ring (bicyclic) bond motifs is 3. The zero-order valence-corrected chi connectivity index (χ0v) is 20.1. The minimum atomic E-state index is -0.373. The highest BCUT2D eigenvalue weighted by atomic mass is 16.7. The van der Waals surface area contributed by atoms with Crippen molar-refractivity contribution in [3.63, 3.8) is 0 Å². The van der Waals surface area contributed by atoms with Gasteiger partial charge in [0.25, 0.3) is 0 Å². The third-order valence-corrected chi connectivity index (χ3v) is 7.45. The van der Waals surface area contributed by atoms with Gasteiger partial charge in [-0.25, -0.2) is 0 Å². The highest BCUT2D eigenvalue weighted by Gasteiger charge is 2.49. The van der Waals surface area contributed by atoms with E-state index in [4.69, 9.17) is 9.47 Å². The van der Waals surface area contributed by atoms with Gasteiger partial charge in [0.1, 0.15) is 0 Å². The first-order chi connectivity index (χ1) is 16.3. The number of para-hydroxylation sites is 1. The van der Waals surface area contributed by atoms with Crippen LogP contribution in [0.15, 0.2) is 97.1 Å². The molecule has 1 fully saturated rings. The Morgan fingerprint density at radius 3 is 1.88 bits per heavy atom. The monoisotopic (exact) mass is 447 g/mol. The van der Waals surface area contributed by atoms with E-state index in [0.29, 0.717) is 0 Å². The standard InChI is InChI=1S/C31H29NO2/c1-30(2)31(3,4)34-29(33-30)23-16-19-28-26(20-23)25-12-8-9-13-27(25)32(28)24-17-14-22(15-18-24)21-10-6-5-7-11-21/h5-20,29H,1-4H3. The van der Waals surface area contributed by atoms with Crippen LogP contribution in [-0.4, -0.2) is 15.8 Å². The van der Waals surface area contributed by atoms with Crippen LogP contribution in [0.4, 0.5) is 0 Å². The number of benzene rings is 4. The van der Waals surface area contributed by atoms with Gasteiger partial charge in [-0.3, -0.25) is 0 Å². The predicted octanol–water partition coefficient (Wildman–Crippen LogP) is 8.05. The first-order valence-electron chi connectivity index (χ1n) is 11.9. The number of hydrogen-bond acceptors (Lipinski definition) is 2. The Labute approximate surface area is 200 Å². The molecule has 6 rings (SSSR count). The van der Waals surface area contributed by atoms with Crippen molar-refractivity contribution in [1.82, 2.24) is 4.57 Å². The van der Waals surface area contributed by atoms with E-state index in [1.54, 1.807) is 0 Å². The second kappa shape index (κ2) is 7.56. The average Bonchev–Trinajstić information content (AvgIpc) is 3.29. The van der Waals surface area contributed by atoms with E-state index >= 15 is 0 Å². The van der Waals surface area contributed by atoms with Gasteiger partial charge < -0.3 is 14.0 Å². The minimum absolute atomic E-state index is 0.360. The van der Waals surface area contributed by atoms with E-state index in [0.717, 1.165) is 11.3 Å². The zero-order valence-electron chi connectivity index (χ0n) is 20.1. The molecule has 0 spiro atoms. The van der Waals surface area contributed by atoms with Gasteiger partial charge in [0.2, 0.25) is 0 Å². The smallest absolute Gasteiger partial charge is 0.185 e. The summed E-state index contributed by atoms with van der Waals surface area (Å²) in [6.07, 6.45) is -0.373. The summed E-state index contributed by atoms with van der Waals surface area (Å²) in [4.78, 5) is 0. The number of nitrogens with zero attached hydrogens (tertiary/aromatic N) is 1. The molecule has 1 aromatic heterocycles. The summed E-state index contributed by atoms with van der Waals surface area (Å²) in [6.45, 7) is 8.38. The van der Waals surface area contributed by atoms with Crippen molar-refractivity contribution < 1.29 is 9.47 Å². The van der Waals surface area contributed by atoms with Gasteiger partial charge in [-0.1, -0.05) is 66.7 Å². The second-order valence-corrected chi connectivity index (χ2v) is 10.1. The van der Waals surface area contributed by atoms with Crippen molar-refractivity contribution in [2.24, 2.45) is 0 Å². The Balaban J connectivity index is 1.47. The maximum Gasteiger partial charge on any atom is 0.185 e. The summed E-state index contributed by atoms with van der Waals surface area (Å²) in [5.74, 6) is 0. The molecule has 1 aliphatic rings. The Morgan fingerprint density at radius 2 is 1.18 bits per heavy atom. The molecule has 5 aromatic rings. The van der Waals surface area contributed by atoms with Gasteiger partial charge >= 0.3 is 0 Å².